The molecule has 3 rings (SSSR count). The van der Waals surface area contributed by atoms with Gasteiger partial charge in [-0.15, -0.1) is 0 Å². The van der Waals surface area contributed by atoms with Crippen molar-refractivity contribution in [3.63, 3.8) is 0 Å². The normalized spacial score (nSPS) is 17.2. The van der Waals surface area contributed by atoms with Crippen molar-refractivity contribution < 1.29 is 8.99 Å². The van der Waals surface area contributed by atoms with E-state index in [1.165, 1.54) is 11.4 Å². The highest BCUT2D eigenvalue weighted by Crippen LogP contribution is 2.42. The summed E-state index contributed by atoms with van der Waals surface area (Å²) >= 11 is 0. The number of fused-ring (bicyclic) bond motifs is 1. The van der Waals surface area contributed by atoms with Gasteiger partial charge < -0.3 is 4.43 Å². The molecule has 0 radical (unpaired) electrons. The maximum Gasteiger partial charge on any atom is 0.278 e. The van der Waals surface area contributed by atoms with Crippen LogP contribution in [0.15, 0.2) is 30.6 Å². The Bertz CT molecular complexity index is 786. The van der Waals surface area contributed by atoms with E-state index in [1.807, 2.05) is 4.68 Å². The van der Waals surface area contributed by atoms with Crippen LogP contribution in [-0.4, -0.2) is 24.7 Å². The zero-order valence-electron chi connectivity index (χ0n) is 19.6. The largest absolute Gasteiger partial charge is 0.412 e. The highest BCUT2D eigenvalue weighted by Gasteiger charge is 2.46. The highest BCUT2D eigenvalue weighted by molar-refractivity contribution is 6.77. The third-order valence-corrected chi connectivity index (χ3v) is 13.0. The van der Waals surface area contributed by atoms with Gasteiger partial charge in [0.25, 0.3) is 5.82 Å². The molecule has 2 aromatic rings. The second-order valence-corrected chi connectivity index (χ2v) is 15.4. The number of nitrogens with zero attached hydrogens (tertiary/aromatic N) is 3. The van der Waals surface area contributed by atoms with Crippen LogP contribution in [0.5, 0.6) is 0 Å². The molecule has 0 aliphatic carbocycles. The molecule has 4 nitrogen and oxygen atoms in total. The second-order valence-electron chi connectivity index (χ2n) is 9.95. The first kappa shape index (κ1) is 22.2. The van der Waals surface area contributed by atoms with Crippen LogP contribution in [0.1, 0.15) is 85.2 Å². The monoisotopic (exact) mass is 414 g/mol. The summed E-state index contributed by atoms with van der Waals surface area (Å²) in [7, 11) is -1.83. The van der Waals surface area contributed by atoms with Crippen LogP contribution in [-0.2, 0) is 10.8 Å². The molecule has 0 N–H and O–H groups in total. The zero-order chi connectivity index (χ0) is 21.3. The number of aryl methyl sites for hydroxylation is 1. The molecule has 29 heavy (non-hydrogen) atoms. The van der Waals surface area contributed by atoms with Crippen LogP contribution in [0.4, 0.5) is 0 Å². The van der Waals surface area contributed by atoms with E-state index >= 15 is 0 Å². The van der Waals surface area contributed by atoms with Gasteiger partial charge >= 0.3 is 0 Å². The lowest BCUT2D eigenvalue weighted by Crippen LogP contribution is -2.50. The van der Waals surface area contributed by atoms with E-state index in [9.17, 15) is 0 Å². The summed E-state index contributed by atoms with van der Waals surface area (Å²) in [5, 5.41) is 4.87. The minimum absolute atomic E-state index is 0.400. The molecule has 1 aliphatic rings. The fourth-order valence-corrected chi connectivity index (χ4v) is 10.8. The van der Waals surface area contributed by atoms with Gasteiger partial charge in [-0.3, -0.25) is 0 Å². The Labute approximate surface area is 178 Å². The smallest absolute Gasteiger partial charge is 0.278 e. The summed E-state index contributed by atoms with van der Waals surface area (Å²) in [6.45, 7) is 19.4. The Balaban J connectivity index is 1.77. The van der Waals surface area contributed by atoms with Crippen molar-refractivity contribution in [1.29, 1.82) is 0 Å². The zero-order valence-corrected chi connectivity index (χ0v) is 20.6. The Kier molecular flexibility index (Phi) is 6.69. The Hall–Kier alpha value is -1.46. The number of benzene rings is 1. The summed E-state index contributed by atoms with van der Waals surface area (Å²) < 4.78 is 11.3. The molecule has 0 spiro atoms. The molecule has 5 heteroatoms. The van der Waals surface area contributed by atoms with E-state index in [4.69, 9.17) is 9.52 Å². The number of hydrogen-bond donors (Lipinski definition) is 0. The predicted molar refractivity (Wildman–Crippen MR) is 122 cm³/mol. The average molecular weight is 415 g/mol. The summed E-state index contributed by atoms with van der Waals surface area (Å²) in [6.07, 6.45) is 4.34. The van der Waals surface area contributed by atoms with Gasteiger partial charge in [-0.25, -0.2) is 4.57 Å². The van der Waals surface area contributed by atoms with Crippen molar-refractivity contribution in [1.82, 2.24) is 9.78 Å². The molecule has 0 unspecified atom stereocenters. The van der Waals surface area contributed by atoms with E-state index in [-0.39, 0.29) is 0 Å². The van der Waals surface area contributed by atoms with Gasteiger partial charge in [0.2, 0.25) is 14.6 Å². The van der Waals surface area contributed by atoms with Crippen molar-refractivity contribution in [2.24, 2.45) is 0 Å². The summed E-state index contributed by atoms with van der Waals surface area (Å²) in [4.78, 5) is 0. The lowest BCUT2D eigenvalue weighted by molar-refractivity contribution is -0.718. The number of hydrogen-bond acceptors (Lipinski definition) is 2. The maximum atomic E-state index is 6.89. The van der Waals surface area contributed by atoms with Crippen LogP contribution in [0.3, 0.4) is 0 Å². The van der Waals surface area contributed by atoms with Crippen LogP contribution in [0.25, 0.3) is 5.69 Å². The molecule has 1 aromatic heterocycles. The number of aromatic nitrogens is 3. The lowest BCUT2D eigenvalue weighted by Gasteiger charge is -2.42. The molecule has 1 aliphatic heterocycles. The van der Waals surface area contributed by atoms with E-state index in [0.29, 0.717) is 28.6 Å². The van der Waals surface area contributed by atoms with Gasteiger partial charge in [0, 0.05) is 11.5 Å². The van der Waals surface area contributed by atoms with Gasteiger partial charge in [0.15, 0.2) is 0 Å². The second kappa shape index (κ2) is 8.72. The first-order chi connectivity index (χ1) is 13.7. The van der Waals surface area contributed by atoms with Gasteiger partial charge in [-0.1, -0.05) is 72.2 Å². The van der Waals surface area contributed by atoms with Crippen molar-refractivity contribution in [2.75, 3.05) is 6.61 Å². The molecule has 0 bridgehead atoms. The average Bonchev–Trinajstić information content (AvgIpc) is 3.23. The molecule has 0 amide bonds. The molecule has 1 atom stereocenters. The summed E-state index contributed by atoms with van der Waals surface area (Å²) in [5.74, 6) is 1.73. The van der Waals surface area contributed by atoms with E-state index < -0.39 is 8.32 Å². The molecule has 160 valence electrons. The fourth-order valence-electron chi connectivity index (χ4n) is 5.35. The third-order valence-electron chi connectivity index (χ3n) is 6.91. The summed E-state index contributed by atoms with van der Waals surface area (Å²) in [5.41, 5.74) is 4.36. The topological polar surface area (TPSA) is 30.9 Å². The third kappa shape index (κ3) is 4.22. The molecular weight excluding hydrogens is 374 g/mol. The van der Waals surface area contributed by atoms with Crippen LogP contribution in [0, 0.1) is 0 Å². The fraction of sp³-hybridized carbons (Fsp3) is 0.667. The predicted octanol–water partition coefficient (Wildman–Crippen LogP) is 5.96. The van der Waals surface area contributed by atoms with E-state index in [2.05, 4.69) is 90.5 Å². The van der Waals surface area contributed by atoms with Crippen LogP contribution < -0.4 is 4.57 Å². The quantitative estimate of drug-likeness (QED) is 0.394. The molecule has 0 saturated heterocycles. The molecule has 2 heterocycles. The molecule has 1 aromatic carbocycles. The first-order valence-electron chi connectivity index (χ1n) is 11.4. The standard InChI is InChI=1S/C24H40N3OSi/c1-17(2)21-9-11-22(12-10-21)27-16-26-23(13-14-24(26)25-27)15-28-29(18(3)4,19(5)6)20(7)8/h9-12,16-20,23H,13-15H2,1-8H3/q+1/t23-/m0/s1. The van der Waals surface area contributed by atoms with Crippen molar-refractivity contribution in [3.05, 3.63) is 42.0 Å². The van der Waals surface area contributed by atoms with Gasteiger partial charge in [0.05, 0.1) is 6.61 Å². The van der Waals surface area contributed by atoms with Gasteiger partial charge in [0.1, 0.15) is 11.7 Å². The Morgan fingerprint density at radius 1 is 1.00 bits per heavy atom. The van der Waals surface area contributed by atoms with Crippen molar-refractivity contribution in [2.45, 2.75) is 96.8 Å². The first-order valence-corrected chi connectivity index (χ1v) is 13.5. The van der Waals surface area contributed by atoms with Gasteiger partial charge in [-0.2, -0.15) is 0 Å². The van der Waals surface area contributed by atoms with Crippen molar-refractivity contribution >= 4 is 8.32 Å². The van der Waals surface area contributed by atoms with E-state index in [0.717, 1.165) is 25.1 Å². The van der Waals surface area contributed by atoms with Crippen molar-refractivity contribution in [3.8, 4) is 5.69 Å². The number of rotatable bonds is 8. The highest BCUT2D eigenvalue weighted by atomic mass is 28.4. The molecular formula is C24H40N3OSi+. The Morgan fingerprint density at radius 3 is 2.10 bits per heavy atom. The Morgan fingerprint density at radius 2 is 1.59 bits per heavy atom. The molecule has 0 saturated carbocycles. The lowest BCUT2D eigenvalue weighted by atomic mass is 10.0. The van der Waals surface area contributed by atoms with Crippen LogP contribution in [0.2, 0.25) is 16.6 Å². The SMILES string of the molecule is CC(C)c1ccc(-n2c[n+]3c(n2)CC[C@H]3CO[Si](C(C)C)(C(C)C)C(C)C)cc1. The van der Waals surface area contributed by atoms with Crippen LogP contribution >= 0.6 is 0 Å². The molecule has 0 fully saturated rings. The maximum absolute atomic E-state index is 6.89. The minimum atomic E-state index is -1.83. The van der Waals surface area contributed by atoms with Gasteiger partial charge in [-0.05, 0) is 46.7 Å². The minimum Gasteiger partial charge on any atom is -0.412 e. The van der Waals surface area contributed by atoms with E-state index in [1.54, 1.807) is 0 Å². The summed E-state index contributed by atoms with van der Waals surface area (Å²) in [6, 6.07) is 9.18.